The molecule has 0 aliphatic carbocycles. The molecule has 0 aliphatic heterocycles. The van der Waals surface area contributed by atoms with Gasteiger partial charge in [-0.15, -0.1) is 0 Å². The van der Waals surface area contributed by atoms with Crippen LogP contribution >= 0.6 is 0 Å². The highest BCUT2D eigenvalue weighted by Gasteiger charge is 2.16. The molecule has 3 aromatic rings. The van der Waals surface area contributed by atoms with Gasteiger partial charge in [0.05, 0.1) is 12.6 Å². The summed E-state index contributed by atoms with van der Waals surface area (Å²) in [5, 5.41) is 8.95. The van der Waals surface area contributed by atoms with Crippen LogP contribution in [0.4, 0.5) is 0 Å². The van der Waals surface area contributed by atoms with Gasteiger partial charge in [-0.25, -0.2) is 0 Å². The van der Waals surface area contributed by atoms with Crippen LogP contribution in [0, 0.1) is 0 Å². The summed E-state index contributed by atoms with van der Waals surface area (Å²) in [6, 6.07) is 12.3. The summed E-state index contributed by atoms with van der Waals surface area (Å²) in [4.78, 5) is 0. The maximum Gasteiger partial charge on any atom is 0.134 e. The summed E-state index contributed by atoms with van der Waals surface area (Å²) in [7, 11) is 0. The van der Waals surface area contributed by atoms with Gasteiger partial charge in [-0.05, 0) is 31.2 Å². The van der Waals surface area contributed by atoms with Gasteiger partial charge in [0.2, 0.25) is 0 Å². The Balaban J connectivity index is 1.87. The number of fused-ring (bicyclic) bond motifs is 1. The molecule has 0 saturated carbocycles. The lowest BCUT2D eigenvalue weighted by atomic mass is 10.2. The summed E-state index contributed by atoms with van der Waals surface area (Å²) in [5.74, 6) is 0.968. The number of rotatable bonds is 6. The van der Waals surface area contributed by atoms with Crippen LogP contribution in [0.5, 0.6) is 0 Å². The van der Waals surface area contributed by atoms with Crippen molar-refractivity contribution >= 4 is 11.0 Å². The Bertz CT molecular complexity index is 624. The molecule has 104 valence electrons. The number of hydrogen-bond donors (Lipinski definition) is 1. The number of benzene rings is 1. The molecule has 0 amide bonds. The summed E-state index contributed by atoms with van der Waals surface area (Å²) >= 11 is 0. The smallest absolute Gasteiger partial charge is 0.134 e. The third kappa shape index (κ3) is 2.75. The van der Waals surface area contributed by atoms with E-state index >= 15 is 0 Å². The summed E-state index contributed by atoms with van der Waals surface area (Å²) < 4.78 is 7.90. The molecule has 0 saturated heterocycles. The van der Waals surface area contributed by atoms with Crippen molar-refractivity contribution in [1.82, 2.24) is 15.1 Å². The largest absolute Gasteiger partial charge is 0.459 e. The van der Waals surface area contributed by atoms with Gasteiger partial charge < -0.3 is 9.73 Å². The van der Waals surface area contributed by atoms with Crippen LogP contribution in [0.25, 0.3) is 11.0 Å². The average Bonchev–Trinajstić information content (AvgIpc) is 3.12. The number of nitrogens with zero attached hydrogens (tertiary/aromatic N) is 2. The highest BCUT2D eigenvalue weighted by molar-refractivity contribution is 5.77. The maximum atomic E-state index is 5.97. The fourth-order valence-corrected chi connectivity index (χ4v) is 2.34. The zero-order valence-corrected chi connectivity index (χ0v) is 11.6. The van der Waals surface area contributed by atoms with Crippen molar-refractivity contribution in [1.29, 1.82) is 0 Å². The van der Waals surface area contributed by atoms with E-state index < -0.39 is 0 Å². The fourth-order valence-electron chi connectivity index (χ4n) is 2.34. The topological polar surface area (TPSA) is 43.0 Å². The lowest BCUT2D eigenvalue weighted by Crippen LogP contribution is -2.26. The van der Waals surface area contributed by atoms with Crippen molar-refractivity contribution in [3.8, 4) is 0 Å². The standard InChI is InChI=1S/C16H19N3O/c1-2-8-17-14(12-19-10-5-9-18-19)16-11-13-6-3-4-7-15(13)20-16/h3-7,9-11,14,17H,2,8,12H2,1H3. The summed E-state index contributed by atoms with van der Waals surface area (Å²) in [6.07, 6.45) is 4.87. The van der Waals surface area contributed by atoms with Gasteiger partial charge >= 0.3 is 0 Å². The minimum atomic E-state index is 0.141. The lowest BCUT2D eigenvalue weighted by Gasteiger charge is -2.16. The van der Waals surface area contributed by atoms with Crippen LogP contribution in [0.2, 0.25) is 0 Å². The number of aromatic nitrogens is 2. The Kier molecular flexibility index (Phi) is 3.83. The zero-order valence-electron chi connectivity index (χ0n) is 11.6. The molecule has 2 aromatic heterocycles. The van der Waals surface area contributed by atoms with Gasteiger partial charge in [-0.2, -0.15) is 5.10 Å². The van der Waals surface area contributed by atoms with Crippen molar-refractivity contribution in [2.24, 2.45) is 0 Å². The molecule has 1 aromatic carbocycles. The molecule has 4 heteroatoms. The highest BCUT2D eigenvalue weighted by atomic mass is 16.3. The molecule has 0 radical (unpaired) electrons. The van der Waals surface area contributed by atoms with Crippen molar-refractivity contribution in [2.45, 2.75) is 25.9 Å². The SMILES string of the molecule is CCCNC(Cn1cccn1)c1cc2ccccc2o1. The number of nitrogens with one attached hydrogen (secondary N) is 1. The minimum absolute atomic E-state index is 0.141. The third-order valence-electron chi connectivity index (χ3n) is 3.36. The molecule has 1 atom stereocenters. The second-order valence-electron chi connectivity index (χ2n) is 4.92. The van der Waals surface area contributed by atoms with Crippen LogP contribution in [0.1, 0.15) is 25.1 Å². The van der Waals surface area contributed by atoms with E-state index in [0.717, 1.165) is 36.2 Å². The molecule has 4 nitrogen and oxygen atoms in total. The third-order valence-corrected chi connectivity index (χ3v) is 3.36. The first-order valence-electron chi connectivity index (χ1n) is 7.06. The highest BCUT2D eigenvalue weighted by Crippen LogP contribution is 2.24. The molecular weight excluding hydrogens is 250 g/mol. The van der Waals surface area contributed by atoms with Crippen LogP contribution in [0.15, 0.2) is 53.2 Å². The van der Waals surface area contributed by atoms with Crippen molar-refractivity contribution < 1.29 is 4.42 Å². The molecule has 0 fully saturated rings. The normalized spacial score (nSPS) is 12.8. The zero-order chi connectivity index (χ0) is 13.8. The van der Waals surface area contributed by atoms with Gasteiger partial charge in [-0.3, -0.25) is 4.68 Å². The number of para-hydroxylation sites is 1. The Morgan fingerprint density at radius 2 is 2.20 bits per heavy atom. The predicted molar refractivity (Wildman–Crippen MR) is 79.5 cm³/mol. The first-order chi connectivity index (χ1) is 9.86. The van der Waals surface area contributed by atoms with E-state index in [0.29, 0.717) is 0 Å². The molecule has 0 spiro atoms. The quantitative estimate of drug-likeness (QED) is 0.746. The van der Waals surface area contributed by atoms with Crippen molar-refractivity contribution in [2.75, 3.05) is 6.54 Å². The van der Waals surface area contributed by atoms with Gasteiger partial charge in [0, 0.05) is 17.8 Å². The molecule has 1 unspecified atom stereocenters. The Morgan fingerprint density at radius 1 is 1.30 bits per heavy atom. The summed E-state index contributed by atoms with van der Waals surface area (Å²) in [6.45, 7) is 3.90. The van der Waals surface area contributed by atoms with E-state index in [2.05, 4.69) is 29.5 Å². The fraction of sp³-hybridized carbons (Fsp3) is 0.312. The molecule has 20 heavy (non-hydrogen) atoms. The van der Waals surface area contributed by atoms with Crippen molar-refractivity contribution in [3.63, 3.8) is 0 Å². The Hall–Kier alpha value is -2.07. The van der Waals surface area contributed by atoms with Gasteiger partial charge in [-0.1, -0.05) is 25.1 Å². The van der Waals surface area contributed by atoms with Crippen LogP contribution in [-0.2, 0) is 6.54 Å². The summed E-state index contributed by atoms with van der Waals surface area (Å²) in [5.41, 5.74) is 0.936. The lowest BCUT2D eigenvalue weighted by molar-refractivity contribution is 0.376. The molecule has 0 bridgehead atoms. The monoisotopic (exact) mass is 269 g/mol. The van der Waals surface area contributed by atoms with Crippen LogP contribution in [0.3, 0.4) is 0 Å². The second kappa shape index (κ2) is 5.92. The van der Waals surface area contributed by atoms with Gasteiger partial charge in [0.1, 0.15) is 11.3 Å². The van der Waals surface area contributed by atoms with Crippen LogP contribution < -0.4 is 5.32 Å². The van der Waals surface area contributed by atoms with E-state index in [-0.39, 0.29) is 6.04 Å². The molecule has 2 heterocycles. The van der Waals surface area contributed by atoms with Gasteiger partial charge in [0.15, 0.2) is 0 Å². The minimum Gasteiger partial charge on any atom is -0.459 e. The number of furan rings is 1. The van der Waals surface area contributed by atoms with Crippen LogP contribution in [-0.4, -0.2) is 16.3 Å². The predicted octanol–water partition coefficient (Wildman–Crippen LogP) is 3.37. The maximum absolute atomic E-state index is 5.97. The van der Waals surface area contributed by atoms with E-state index in [9.17, 15) is 0 Å². The van der Waals surface area contributed by atoms with E-state index in [1.807, 2.05) is 35.1 Å². The Labute approximate surface area is 118 Å². The molecule has 0 aliphatic rings. The van der Waals surface area contributed by atoms with E-state index in [4.69, 9.17) is 4.42 Å². The van der Waals surface area contributed by atoms with Crippen molar-refractivity contribution in [3.05, 3.63) is 54.6 Å². The number of hydrogen-bond acceptors (Lipinski definition) is 3. The van der Waals surface area contributed by atoms with E-state index in [1.165, 1.54) is 0 Å². The first-order valence-corrected chi connectivity index (χ1v) is 7.06. The van der Waals surface area contributed by atoms with Gasteiger partial charge in [0.25, 0.3) is 0 Å². The van der Waals surface area contributed by atoms with E-state index in [1.54, 1.807) is 6.20 Å². The molecular formula is C16H19N3O. The molecule has 1 N–H and O–H groups in total. The molecule has 3 rings (SSSR count). The Morgan fingerprint density at radius 3 is 2.95 bits per heavy atom. The average molecular weight is 269 g/mol. The first kappa shape index (κ1) is 12.9. The second-order valence-corrected chi connectivity index (χ2v) is 4.92.